The number of hydrogen-bond donors (Lipinski definition) is 1. The third-order valence-corrected chi connectivity index (χ3v) is 16.4. The van der Waals surface area contributed by atoms with E-state index in [1.165, 1.54) is 315 Å². The number of rotatable bonds is 60. The summed E-state index contributed by atoms with van der Waals surface area (Å²) in [6.45, 7) is 14.3. The molecule has 72 heavy (non-hydrogen) atoms. The number of unbranched alkanes of at least 4 members (excludes halogenated alkanes) is 45. The molecule has 0 bridgehead atoms. The number of ether oxygens (including phenoxy) is 1. The van der Waals surface area contributed by atoms with E-state index in [9.17, 15) is 14.7 Å². The molecule has 4 nitrogen and oxygen atoms in total. The van der Waals surface area contributed by atoms with E-state index in [1.54, 1.807) is 0 Å². The van der Waals surface area contributed by atoms with E-state index in [2.05, 4.69) is 41.5 Å². The van der Waals surface area contributed by atoms with Crippen LogP contribution in [0.1, 0.15) is 408 Å². The molecule has 0 aliphatic rings. The Bertz CT molecular complexity index is 1000. The fraction of sp³-hybridized carbons (Fsp3) is 0.971. The highest BCUT2D eigenvalue weighted by molar-refractivity contribution is 5.74. The van der Waals surface area contributed by atoms with E-state index in [-0.39, 0.29) is 5.97 Å². The molecule has 1 N–H and O–H groups in total. The van der Waals surface area contributed by atoms with E-state index in [1.807, 2.05) is 0 Å². The zero-order chi connectivity index (χ0) is 53.0. The van der Waals surface area contributed by atoms with Gasteiger partial charge < -0.3 is 9.84 Å². The average molecular weight is 1020 g/mol. The van der Waals surface area contributed by atoms with Gasteiger partial charge in [0.2, 0.25) is 0 Å². The van der Waals surface area contributed by atoms with Gasteiger partial charge in [-0.2, -0.15) is 0 Å². The summed E-state index contributed by atoms with van der Waals surface area (Å²) in [6, 6.07) is 0. The molecule has 1 unspecified atom stereocenters. The van der Waals surface area contributed by atoms with Crippen LogP contribution >= 0.6 is 0 Å². The lowest BCUT2D eigenvalue weighted by Crippen LogP contribution is -2.31. The number of carboxylic acids is 1. The predicted octanol–water partition coefficient (Wildman–Crippen LogP) is 24.6. The van der Waals surface area contributed by atoms with Crippen LogP contribution in [0.15, 0.2) is 0 Å². The molecule has 0 aliphatic carbocycles. The highest BCUT2D eigenvalue weighted by atomic mass is 16.5. The van der Waals surface area contributed by atoms with Gasteiger partial charge in [0.05, 0.1) is 12.0 Å². The molecule has 0 aliphatic heterocycles. The molecule has 0 heterocycles. The van der Waals surface area contributed by atoms with Gasteiger partial charge in [0.25, 0.3) is 0 Å². The van der Waals surface area contributed by atoms with Crippen molar-refractivity contribution in [3.63, 3.8) is 0 Å². The SMILES string of the molecule is CCCCCCCCCCCCC(CCCCCCCC)(CCCCCCCCCCCC)C(=O)O.CCCCCCCCCCCCCC(=O)OCC(CCCCCCCC)CCCCCCCCCC. The summed E-state index contributed by atoms with van der Waals surface area (Å²) in [7, 11) is 0. The monoisotopic (exact) mass is 1020 g/mol. The molecule has 0 amide bonds. The van der Waals surface area contributed by atoms with Crippen LogP contribution in [-0.2, 0) is 14.3 Å². The number of aliphatic carboxylic acids is 1. The van der Waals surface area contributed by atoms with Crippen molar-refractivity contribution in [2.75, 3.05) is 6.61 Å². The van der Waals surface area contributed by atoms with Crippen LogP contribution in [0.4, 0.5) is 0 Å². The number of esters is 1. The molecule has 1 atom stereocenters. The van der Waals surface area contributed by atoms with Gasteiger partial charge in [0.15, 0.2) is 0 Å². The Morgan fingerprint density at radius 1 is 0.306 bits per heavy atom. The van der Waals surface area contributed by atoms with Crippen LogP contribution in [0, 0.1) is 11.3 Å². The predicted molar refractivity (Wildman–Crippen MR) is 322 cm³/mol. The van der Waals surface area contributed by atoms with E-state index >= 15 is 0 Å². The van der Waals surface area contributed by atoms with Crippen molar-refractivity contribution < 1.29 is 19.4 Å². The second-order valence-electron chi connectivity index (χ2n) is 23.6. The number of carbonyl (C=O) groups is 2. The number of hydrogen-bond acceptors (Lipinski definition) is 3. The fourth-order valence-corrected chi connectivity index (χ4v) is 11.1. The minimum absolute atomic E-state index is 0.0507. The molecule has 0 aromatic rings. The third kappa shape index (κ3) is 55.2. The first kappa shape index (κ1) is 73.0. The first-order chi connectivity index (χ1) is 35.4. The molecule has 0 aromatic carbocycles. The summed E-state index contributed by atoms with van der Waals surface area (Å²) >= 11 is 0. The zero-order valence-corrected chi connectivity index (χ0v) is 50.8. The van der Waals surface area contributed by atoms with Crippen LogP contribution in [0.25, 0.3) is 0 Å². The fourth-order valence-electron chi connectivity index (χ4n) is 11.1. The van der Waals surface area contributed by atoms with Gasteiger partial charge in [0.1, 0.15) is 0 Å². The first-order valence-electron chi connectivity index (χ1n) is 33.8. The summed E-state index contributed by atoms with van der Waals surface area (Å²) in [5.74, 6) is 0.134. The second kappa shape index (κ2) is 62.5. The van der Waals surface area contributed by atoms with Crippen molar-refractivity contribution in [2.45, 2.75) is 408 Å². The van der Waals surface area contributed by atoms with Gasteiger partial charge in [-0.3, -0.25) is 9.59 Å². The van der Waals surface area contributed by atoms with Crippen LogP contribution in [0.5, 0.6) is 0 Å². The van der Waals surface area contributed by atoms with E-state index in [0.717, 1.165) is 44.9 Å². The van der Waals surface area contributed by atoms with Crippen molar-refractivity contribution in [2.24, 2.45) is 11.3 Å². The molecule has 0 aromatic heterocycles. The van der Waals surface area contributed by atoms with Gasteiger partial charge in [0, 0.05) is 6.42 Å². The molecule has 0 saturated carbocycles. The summed E-state index contributed by atoms with van der Waals surface area (Å²) in [5, 5.41) is 10.4. The van der Waals surface area contributed by atoms with Crippen molar-refractivity contribution in [1.29, 1.82) is 0 Å². The Kier molecular flexibility index (Phi) is 63.4. The van der Waals surface area contributed by atoms with Crippen LogP contribution in [0.3, 0.4) is 0 Å². The molecular weight excluding hydrogens is 881 g/mol. The summed E-state index contributed by atoms with van der Waals surface area (Å²) < 4.78 is 5.78. The normalized spacial score (nSPS) is 12.0. The van der Waals surface area contributed by atoms with Crippen LogP contribution in [0.2, 0.25) is 0 Å². The van der Waals surface area contributed by atoms with E-state index in [0.29, 0.717) is 18.9 Å². The van der Waals surface area contributed by atoms with Gasteiger partial charge in [-0.15, -0.1) is 0 Å². The van der Waals surface area contributed by atoms with Gasteiger partial charge >= 0.3 is 11.9 Å². The van der Waals surface area contributed by atoms with E-state index in [4.69, 9.17) is 4.74 Å². The van der Waals surface area contributed by atoms with Crippen molar-refractivity contribution in [1.82, 2.24) is 0 Å². The zero-order valence-electron chi connectivity index (χ0n) is 50.8. The lowest BCUT2D eigenvalue weighted by atomic mass is 9.74. The summed E-state index contributed by atoms with van der Waals surface area (Å²) in [5.41, 5.74) is -0.453. The van der Waals surface area contributed by atoms with Gasteiger partial charge in [-0.1, -0.05) is 363 Å². The lowest BCUT2D eigenvalue weighted by molar-refractivity contribution is -0.151. The Hall–Kier alpha value is -1.06. The molecule has 432 valence electrons. The Morgan fingerprint density at radius 2 is 0.514 bits per heavy atom. The molecule has 0 spiro atoms. The molecule has 0 saturated heterocycles. The maximum atomic E-state index is 12.6. The topological polar surface area (TPSA) is 63.6 Å². The minimum Gasteiger partial charge on any atom is -0.481 e. The van der Waals surface area contributed by atoms with Crippen molar-refractivity contribution >= 4 is 11.9 Å². The second-order valence-corrected chi connectivity index (χ2v) is 23.6. The minimum atomic E-state index is -0.497. The largest absolute Gasteiger partial charge is 0.481 e. The third-order valence-electron chi connectivity index (χ3n) is 16.4. The smallest absolute Gasteiger partial charge is 0.309 e. The quantitative estimate of drug-likeness (QED) is 0.0487. The van der Waals surface area contributed by atoms with Crippen LogP contribution in [-0.4, -0.2) is 23.7 Å². The number of carbonyl (C=O) groups excluding carboxylic acids is 1. The molecule has 0 fully saturated rings. The Balaban J connectivity index is 0. The first-order valence-corrected chi connectivity index (χ1v) is 33.8. The number of carboxylic acid groups (broad SMARTS) is 1. The Morgan fingerprint density at radius 3 is 0.750 bits per heavy atom. The lowest BCUT2D eigenvalue weighted by Gasteiger charge is -2.30. The van der Waals surface area contributed by atoms with Gasteiger partial charge in [-0.25, -0.2) is 0 Å². The highest BCUT2D eigenvalue weighted by Crippen LogP contribution is 2.38. The van der Waals surface area contributed by atoms with E-state index < -0.39 is 11.4 Å². The summed E-state index contributed by atoms with van der Waals surface area (Å²) in [4.78, 5) is 24.9. The Labute approximate surface area is 454 Å². The van der Waals surface area contributed by atoms with Crippen molar-refractivity contribution in [3.8, 4) is 0 Å². The molecule has 0 radical (unpaired) electrons. The van der Waals surface area contributed by atoms with Crippen LogP contribution < -0.4 is 0 Å². The van der Waals surface area contributed by atoms with Crippen molar-refractivity contribution in [3.05, 3.63) is 0 Å². The standard InChI is InChI=1S/2C34H68O2/c1-4-7-10-13-16-18-19-20-22-25-28-31-34(35)36-32-33(29-26-23-15-12-9-6-3)30-27-24-21-17-14-11-8-5-2;1-4-7-10-13-16-18-20-22-25-28-31-34(33(35)36,30-27-24-15-12-9-6-3)32-29-26-23-21-19-17-14-11-8-5-2/h33H,4-32H2,1-3H3;4-32H2,1-3H3,(H,35,36). The average Bonchev–Trinajstić information content (AvgIpc) is 3.38. The maximum absolute atomic E-state index is 12.6. The molecule has 4 heteroatoms. The van der Waals surface area contributed by atoms with Gasteiger partial charge in [-0.05, 0) is 44.4 Å². The highest BCUT2D eigenvalue weighted by Gasteiger charge is 2.36. The summed E-state index contributed by atoms with van der Waals surface area (Å²) in [6.07, 6.45) is 73.4. The molecular formula is C68H136O4. The molecule has 0 rings (SSSR count). The maximum Gasteiger partial charge on any atom is 0.309 e.